The number of anilines is 1. The van der Waals surface area contributed by atoms with Crippen molar-refractivity contribution in [3.8, 4) is 11.3 Å². The Morgan fingerprint density at radius 1 is 1.04 bits per heavy atom. The summed E-state index contributed by atoms with van der Waals surface area (Å²) in [6.45, 7) is 0. The van der Waals surface area contributed by atoms with Gasteiger partial charge in [-0.3, -0.25) is 9.59 Å². The Balaban J connectivity index is 1.98. The van der Waals surface area contributed by atoms with Gasteiger partial charge in [0.1, 0.15) is 0 Å². The van der Waals surface area contributed by atoms with E-state index in [0.717, 1.165) is 0 Å². The molecule has 1 amide bonds. The van der Waals surface area contributed by atoms with Gasteiger partial charge in [0.25, 0.3) is 11.5 Å². The molecule has 3 rings (SSSR count). The molecule has 0 aliphatic carbocycles. The number of aryl methyl sites for hydroxylation is 1. The lowest BCUT2D eigenvalue weighted by Gasteiger charge is -2.11. The van der Waals surface area contributed by atoms with Crippen molar-refractivity contribution in [1.82, 2.24) is 9.78 Å². The average molecular weight is 340 g/mol. The van der Waals surface area contributed by atoms with Crippen molar-refractivity contribution in [2.45, 2.75) is 0 Å². The summed E-state index contributed by atoms with van der Waals surface area (Å²) in [6.07, 6.45) is 0. The van der Waals surface area contributed by atoms with Gasteiger partial charge in [-0.25, -0.2) is 4.68 Å². The van der Waals surface area contributed by atoms with Crippen LogP contribution in [0, 0.1) is 0 Å². The number of carbonyl (C=O) groups is 1. The molecule has 3 aromatic rings. The SMILES string of the molecule is Cn1nc(-c2ccccc2NC(=O)c2ccccc2Cl)ccc1=O. The molecule has 0 atom stereocenters. The van der Waals surface area contributed by atoms with Gasteiger partial charge >= 0.3 is 0 Å². The van der Waals surface area contributed by atoms with Crippen LogP contribution in [0.5, 0.6) is 0 Å². The van der Waals surface area contributed by atoms with Gasteiger partial charge in [-0.2, -0.15) is 5.10 Å². The zero-order valence-electron chi connectivity index (χ0n) is 12.9. The molecule has 0 aliphatic heterocycles. The lowest BCUT2D eigenvalue weighted by Crippen LogP contribution is -2.18. The minimum absolute atomic E-state index is 0.198. The summed E-state index contributed by atoms with van der Waals surface area (Å²) in [7, 11) is 1.58. The van der Waals surface area contributed by atoms with Crippen LogP contribution in [-0.4, -0.2) is 15.7 Å². The van der Waals surface area contributed by atoms with Crippen molar-refractivity contribution in [3.05, 3.63) is 81.6 Å². The summed E-state index contributed by atoms with van der Waals surface area (Å²) >= 11 is 6.07. The minimum atomic E-state index is -0.308. The number of nitrogens with one attached hydrogen (secondary N) is 1. The topological polar surface area (TPSA) is 64.0 Å². The lowest BCUT2D eigenvalue weighted by molar-refractivity contribution is 0.102. The molecule has 0 saturated heterocycles. The molecule has 0 fully saturated rings. The maximum atomic E-state index is 12.5. The maximum absolute atomic E-state index is 12.5. The second-order valence-corrected chi connectivity index (χ2v) is 5.57. The molecule has 120 valence electrons. The van der Waals surface area contributed by atoms with Crippen molar-refractivity contribution in [1.29, 1.82) is 0 Å². The standard InChI is InChI=1S/C18H14ClN3O2/c1-22-17(23)11-10-16(21-22)13-7-3-5-9-15(13)20-18(24)12-6-2-4-8-14(12)19/h2-11H,1H3,(H,20,24). The maximum Gasteiger partial charge on any atom is 0.266 e. The third kappa shape index (κ3) is 3.21. The first-order valence-electron chi connectivity index (χ1n) is 7.26. The van der Waals surface area contributed by atoms with Crippen molar-refractivity contribution in [3.63, 3.8) is 0 Å². The van der Waals surface area contributed by atoms with Crippen LogP contribution in [0.15, 0.2) is 65.5 Å². The Morgan fingerprint density at radius 2 is 1.75 bits per heavy atom. The van der Waals surface area contributed by atoms with Gasteiger partial charge in [0.2, 0.25) is 0 Å². The molecule has 0 saturated carbocycles. The van der Waals surface area contributed by atoms with E-state index in [1.165, 1.54) is 10.7 Å². The van der Waals surface area contributed by atoms with Crippen LogP contribution in [-0.2, 0) is 7.05 Å². The molecular formula is C18H14ClN3O2. The first kappa shape index (κ1) is 16.0. The molecule has 2 aromatic carbocycles. The smallest absolute Gasteiger partial charge is 0.266 e. The van der Waals surface area contributed by atoms with Crippen LogP contribution in [0.2, 0.25) is 5.02 Å². The Labute approximate surface area is 143 Å². The highest BCUT2D eigenvalue weighted by Gasteiger charge is 2.13. The first-order chi connectivity index (χ1) is 11.6. The fourth-order valence-electron chi connectivity index (χ4n) is 2.30. The van der Waals surface area contributed by atoms with E-state index in [1.807, 2.05) is 18.2 Å². The summed E-state index contributed by atoms with van der Waals surface area (Å²) < 4.78 is 1.25. The van der Waals surface area contributed by atoms with E-state index < -0.39 is 0 Å². The van der Waals surface area contributed by atoms with Gasteiger partial charge in [0.15, 0.2) is 0 Å². The molecule has 24 heavy (non-hydrogen) atoms. The van der Waals surface area contributed by atoms with E-state index in [0.29, 0.717) is 27.5 Å². The number of halogens is 1. The largest absolute Gasteiger partial charge is 0.321 e. The number of carbonyl (C=O) groups excluding carboxylic acids is 1. The van der Waals surface area contributed by atoms with E-state index in [1.54, 1.807) is 43.4 Å². The van der Waals surface area contributed by atoms with Gasteiger partial charge in [0.05, 0.1) is 22.0 Å². The van der Waals surface area contributed by atoms with E-state index in [-0.39, 0.29) is 11.5 Å². The van der Waals surface area contributed by atoms with Crippen LogP contribution >= 0.6 is 11.6 Å². The predicted molar refractivity (Wildman–Crippen MR) is 94.3 cm³/mol. The van der Waals surface area contributed by atoms with Gasteiger partial charge in [-0.1, -0.05) is 41.9 Å². The highest BCUT2D eigenvalue weighted by molar-refractivity contribution is 6.34. The number of para-hydroxylation sites is 1. The number of aromatic nitrogens is 2. The lowest BCUT2D eigenvalue weighted by atomic mass is 10.1. The van der Waals surface area contributed by atoms with Gasteiger partial charge < -0.3 is 5.32 Å². The fourth-order valence-corrected chi connectivity index (χ4v) is 2.52. The zero-order chi connectivity index (χ0) is 17.1. The predicted octanol–water partition coefficient (Wildman–Crippen LogP) is 3.35. The van der Waals surface area contributed by atoms with Crippen LogP contribution < -0.4 is 10.9 Å². The molecule has 0 spiro atoms. The van der Waals surface area contributed by atoms with E-state index >= 15 is 0 Å². The number of rotatable bonds is 3. The summed E-state index contributed by atoms with van der Waals surface area (Å²) in [5.74, 6) is -0.308. The second-order valence-electron chi connectivity index (χ2n) is 5.16. The van der Waals surface area contributed by atoms with Gasteiger partial charge in [-0.05, 0) is 24.3 Å². The quantitative estimate of drug-likeness (QED) is 0.795. The molecule has 0 radical (unpaired) electrons. The molecular weight excluding hydrogens is 326 g/mol. The van der Waals surface area contributed by atoms with Gasteiger partial charge in [-0.15, -0.1) is 0 Å². The number of nitrogens with zero attached hydrogens (tertiary/aromatic N) is 2. The van der Waals surface area contributed by atoms with Gasteiger partial charge in [0, 0.05) is 18.7 Å². The first-order valence-corrected chi connectivity index (χ1v) is 7.64. The summed E-state index contributed by atoms with van der Waals surface area (Å²) in [6, 6.07) is 17.2. The molecule has 5 nitrogen and oxygen atoms in total. The third-order valence-electron chi connectivity index (χ3n) is 3.53. The monoisotopic (exact) mass is 339 g/mol. The van der Waals surface area contributed by atoms with E-state index in [4.69, 9.17) is 11.6 Å². The third-order valence-corrected chi connectivity index (χ3v) is 3.86. The van der Waals surface area contributed by atoms with Crippen molar-refractivity contribution in [2.75, 3.05) is 5.32 Å². The van der Waals surface area contributed by atoms with Crippen molar-refractivity contribution >= 4 is 23.2 Å². The molecule has 0 unspecified atom stereocenters. The highest BCUT2D eigenvalue weighted by Crippen LogP contribution is 2.26. The Hall–Kier alpha value is -2.92. The Morgan fingerprint density at radius 3 is 2.50 bits per heavy atom. The molecule has 6 heteroatoms. The molecule has 1 N–H and O–H groups in total. The van der Waals surface area contributed by atoms with Crippen molar-refractivity contribution in [2.24, 2.45) is 7.05 Å². The average Bonchev–Trinajstić information content (AvgIpc) is 2.58. The van der Waals surface area contributed by atoms with E-state index in [9.17, 15) is 9.59 Å². The van der Waals surface area contributed by atoms with E-state index in [2.05, 4.69) is 10.4 Å². The summed E-state index contributed by atoms with van der Waals surface area (Å²) in [5, 5.41) is 7.46. The molecule has 1 aromatic heterocycles. The van der Waals surface area contributed by atoms with Crippen molar-refractivity contribution < 1.29 is 4.79 Å². The Kier molecular flexibility index (Phi) is 4.44. The number of benzene rings is 2. The fraction of sp³-hybridized carbons (Fsp3) is 0.0556. The normalized spacial score (nSPS) is 10.4. The summed E-state index contributed by atoms with van der Waals surface area (Å²) in [5.41, 5.74) is 2.09. The molecule has 0 bridgehead atoms. The summed E-state index contributed by atoms with van der Waals surface area (Å²) in [4.78, 5) is 24.0. The molecule has 1 heterocycles. The number of amides is 1. The van der Waals surface area contributed by atoms with Crippen LogP contribution in [0.1, 0.15) is 10.4 Å². The second kappa shape index (κ2) is 6.68. The zero-order valence-corrected chi connectivity index (χ0v) is 13.6. The highest BCUT2D eigenvalue weighted by atomic mass is 35.5. The number of hydrogen-bond donors (Lipinski definition) is 1. The minimum Gasteiger partial charge on any atom is -0.321 e. The Bertz CT molecular complexity index is 966. The van der Waals surface area contributed by atoms with Crippen LogP contribution in [0.3, 0.4) is 0 Å². The molecule has 0 aliphatic rings. The number of hydrogen-bond acceptors (Lipinski definition) is 3. The van der Waals surface area contributed by atoms with Crippen LogP contribution in [0.4, 0.5) is 5.69 Å². The van der Waals surface area contributed by atoms with Crippen LogP contribution in [0.25, 0.3) is 11.3 Å².